The molecular weight excluding hydrogens is 292 g/mol. The molecule has 23 heavy (non-hydrogen) atoms. The number of imidazole rings is 1. The Morgan fingerprint density at radius 1 is 1.26 bits per heavy atom. The third-order valence-corrected chi connectivity index (χ3v) is 3.46. The first kappa shape index (κ1) is 14.8. The summed E-state index contributed by atoms with van der Waals surface area (Å²) in [5.41, 5.74) is 5.81. The SMILES string of the molecule is Cc1ccc2nc(C)c(C(=O)N/N=C\c3ccccc3O)n2c1. The molecule has 3 aromatic rings. The first-order chi connectivity index (χ1) is 11.1. The topological polar surface area (TPSA) is 79.0 Å². The Kier molecular flexibility index (Phi) is 3.80. The Balaban J connectivity index is 1.85. The highest BCUT2D eigenvalue weighted by Gasteiger charge is 2.16. The van der Waals surface area contributed by atoms with Crippen LogP contribution in [0.3, 0.4) is 0 Å². The molecule has 0 bridgehead atoms. The number of rotatable bonds is 3. The van der Waals surface area contributed by atoms with E-state index in [1.165, 1.54) is 6.21 Å². The van der Waals surface area contributed by atoms with E-state index >= 15 is 0 Å². The van der Waals surface area contributed by atoms with Crippen LogP contribution in [0.15, 0.2) is 47.7 Å². The number of hydrogen-bond donors (Lipinski definition) is 2. The maximum absolute atomic E-state index is 12.4. The summed E-state index contributed by atoms with van der Waals surface area (Å²) in [5.74, 6) is -0.251. The van der Waals surface area contributed by atoms with Crippen LogP contribution in [0.25, 0.3) is 5.65 Å². The molecule has 0 saturated carbocycles. The van der Waals surface area contributed by atoms with Gasteiger partial charge in [0.05, 0.1) is 11.9 Å². The maximum atomic E-state index is 12.4. The third kappa shape index (κ3) is 2.91. The molecule has 3 rings (SSSR count). The smallest absolute Gasteiger partial charge is 0.290 e. The summed E-state index contributed by atoms with van der Waals surface area (Å²) < 4.78 is 1.75. The molecule has 6 nitrogen and oxygen atoms in total. The predicted molar refractivity (Wildman–Crippen MR) is 87.8 cm³/mol. The van der Waals surface area contributed by atoms with Gasteiger partial charge in [-0.3, -0.25) is 9.20 Å². The summed E-state index contributed by atoms with van der Waals surface area (Å²) in [6.45, 7) is 3.73. The number of aromatic hydroxyl groups is 1. The van der Waals surface area contributed by atoms with Gasteiger partial charge in [0.1, 0.15) is 17.1 Å². The van der Waals surface area contributed by atoms with Crippen molar-refractivity contribution in [2.45, 2.75) is 13.8 Å². The Morgan fingerprint density at radius 3 is 2.83 bits per heavy atom. The lowest BCUT2D eigenvalue weighted by molar-refractivity contribution is 0.0948. The number of nitrogens with one attached hydrogen (secondary N) is 1. The lowest BCUT2D eigenvalue weighted by Gasteiger charge is -2.03. The lowest BCUT2D eigenvalue weighted by Crippen LogP contribution is -2.20. The number of hydrazone groups is 1. The summed E-state index contributed by atoms with van der Waals surface area (Å²) in [6.07, 6.45) is 3.26. The van der Waals surface area contributed by atoms with Crippen molar-refractivity contribution in [1.29, 1.82) is 0 Å². The fourth-order valence-corrected chi connectivity index (χ4v) is 2.35. The molecular formula is C17H16N4O2. The van der Waals surface area contributed by atoms with Crippen LogP contribution in [-0.4, -0.2) is 26.6 Å². The molecule has 2 aromatic heterocycles. The highest BCUT2D eigenvalue weighted by atomic mass is 16.3. The molecule has 1 amide bonds. The van der Waals surface area contributed by atoms with Gasteiger partial charge in [0, 0.05) is 11.8 Å². The fourth-order valence-electron chi connectivity index (χ4n) is 2.35. The monoisotopic (exact) mass is 308 g/mol. The maximum Gasteiger partial charge on any atom is 0.290 e. The first-order valence-corrected chi connectivity index (χ1v) is 7.13. The number of phenolic OH excluding ortho intramolecular Hbond substituents is 1. The molecule has 0 aliphatic rings. The molecule has 0 radical (unpaired) electrons. The van der Waals surface area contributed by atoms with Crippen LogP contribution in [0.4, 0.5) is 0 Å². The average molecular weight is 308 g/mol. The van der Waals surface area contributed by atoms with Crippen LogP contribution >= 0.6 is 0 Å². The lowest BCUT2D eigenvalue weighted by atomic mass is 10.2. The van der Waals surface area contributed by atoms with Crippen molar-refractivity contribution in [3.8, 4) is 5.75 Å². The Bertz CT molecular complexity index is 912. The second kappa shape index (κ2) is 5.92. The van der Waals surface area contributed by atoms with Crippen LogP contribution in [-0.2, 0) is 0 Å². The fraction of sp³-hybridized carbons (Fsp3) is 0.118. The van der Waals surface area contributed by atoms with Gasteiger partial charge in [-0.05, 0) is 37.6 Å². The van der Waals surface area contributed by atoms with Gasteiger partial charge >= 0.3 is 0 Å². The van der Waals surface area contributed by atoms with E-state index in [9.17, 15) is 9.90 Å². The standard InChI is InChI=1S/C17H16N4O2/c1-11-7-8-15-19-12(2)16(21(15)10-11)17(23)20-18-9-13-5-3-4-6-14(13)22/h3-10,22H,1-2H3,(H,20,23)/b18-9-. The number of carbonyl (C=O) groups is 1. The van der Waals surface area contributed by atoms with Crippen LogP contribution < -0.4 is 5.43 Å². The number of nitrogens with zero attached hydrogens (tertiary/aromatic N) is 3. The molecule has 0 aliphatic carbocycles. The molecule has 0 unspecified atom stereocenters. The van der Waals surface area contributed by atoms with Gasteiger partial charge in [-0.15, -0.1) is 0 Å². The molecule has 0 saturated heterocycles. The van der Waals surface area contributed by atoms with E-state index in [0.717, 1.165) is 5.56 Å². The van der Waals surface area contributed by atoms with Gasteiger partial charge < -0.3 is 5.11 Å². The minimum atomic E-state index is -0.354. The second-order valence-corrected chi connectivity index (χ2v) is 5.24. The van der Waals surface area contributed by atoms with Crippen molar-refractivity contribution < 1.29 is 9.90 Å². The Labute approximate surface area is 133 Å². The molecule has 0 fully saturated rings. The number of hydrogen-bond acceptors (Lipinski definition) is 4. The summed E-state index contributed by atoms with van der Waals surface area (Å²) in [4.78, 5) is 16.7. The van der Waals surface area contributed by atoms with E-state index in [2.05, 4.69) is 15.5 Å². The highest BCUT2D eigenvalue weighted by Crippen LogP contribution is 2.14. The van der Waals surface area contributed by atoms with Crippen molar-refractivity contribution in [1.82, 2.24) is 14.8 Å². The predicted octanol–water partition coefficient (Wildman–Crippen LogP) is 2.42. The van der Waals surface area contributed by atoms with Crippen molar-refractivity contribution in [2.75, 3.05) is 0 Å². The van der Waals surface area contributed by atoms with Crippen LogP contribution in [0.1, 0.15) is 27.3 Å². The molecule has 2 heterocycles. The quantitative estimate of drug-likeness (QED) is 0.576. The number of fused-ring (bicyclic) bond motifs is 1. The number of benzene rings is 1. The van der Waals surface area contributed by atoms with E-state index in [1.54, 1.807) is 35.6 Å². The number of para-hydroxylation sites is 1. The molecule has 2 N–H and O–H groups in total. The van der Waals surface area contributed by atoms with Gasteiger partial charge in [-0.2, -0.15) is 5.10 Å². The molecule has 0 spiro atoms. The van der Waals surface area contributed by atoms with Crippen molar-refractivity contribution >= 4 is 17.8 Å². The van der Waals surface area contributed by atoms with E-state index in [0.29, 0.717) is 22.6 Å². The van der Waals surface area contributed by atoms with E-state index in [1.807, 2.05) is 25.3 Å². The molecule has 0 atom stereocenters. The minimum absolute atomic E-state index is 0.104. The number of aromatic nitrogens is 2. The summed E-state index contributed by atoms with van der Waals surface area (Å²) in [7, 11) is 0. The van der Waals surface area contributed by atoms with Gasteiger partial charge in [0.25, 0.3) is 5.91 Å². The zero-order valence-electron chi connectivity index (χ0n) is 12.8. The average Bonchev–Trinajstić information content (AvgIpc) is 2.84. The van der Waals surface area contributed by atoms with Crippen LogP contribution in [0.5, 0.6) is 5.75 Å². The molecule has 6 heteroatoms. The summed E-state index contributed by atoms with van der Waals surface area (Å²) in [6, 6.07) is 10.6. The Hall–Kier alpha value is -3.15. The largest absolute Gasteiger partial charge is 0.507 e. The number of pyridine rings is 1. The summed E-state index contributed by atoms with van der Waals surface area (Å²) in [5, 5.41) is 13.6. The molecule has 0 aliphatic heterocycles. The van der Waals surface area contributed by atoms with Gasteiger partial charge in [-0.1, -0.05) is 18.2 Å². The number of aryl methyl sites for hydroxylation is 2. The van der Waals surface area contributed by atoms with Crippen LogP contribution in [0.2, 0.25) is 0 Å². The number of phenols is 1. The summed E-state index contributed by atoms with van der Waals surface area (Å²) >= 11 is 0. The Morgan fingerprint density at radius 2 is 2.04 bits per heavy atom. The van der Waals surface area contributed by atoms with E-state index in [4.69, 9.17) is 0 Å². The first-order valence-electron chi connectivity index (χ1n) is 7.13. The second-order valence-electron chi connectivity index (χ2n) is 5.24. The van der Waals surface area contributed by atoms with E-state index in [-0.39, 0.29) is 11.7 Å². The van der Waals surface area contributed by atoms with Crippen LogP contribution in [0, 0.1) is 13.8 Å². The third-order valence-electron chi connectivity index (χ3n) is 3.46. The van der Waals surface area contributed by atoms with Gasteiger partial charge in [0.15, 0.2) is 0 Å². The van der Waals surface area contributed by atoms with Gasteiger partial charge in [-0.25, -0.2) is 10.4 Å². The molecule has 116 valence electrons. The number of amides is 1. The highest BCUT2D eigenvalue weighted by molar-refractivity contribution is 5.95. The zero-order valence-corrected chi connectivity index (χ0v) is 12.8. The van der Waals surface area contributed by atoms with Crippen molar-refractivity contribution in [3.05, 3.63) is 65.1 Å². The van der Waals surface area contributed by atoms with E-state index < -0.39 is 0 Å². The molecule has 1 aromatic carbocycles. The zero-order chi connectivity index (χ0) is 16.4. The normalized spacial score (nSPS) is 11.2. The van der Waals surface area contributed by atoms with Crippen molar-refractivity contribution in [3.63, 3.8) is 0 Å². The van der Waals surface area contributed by atoms with Crippen molar-refractivity contribution in [2.24, 2.45) is 5.10 Å². The van der Waals surface area contributed by atoms with Gasteiger partial charge in [0.2, 0.25) is 0 Å². The number of carbonyl (C=O) groups excluding carboxylic acids is 1. The minimum Gasteiger partial charge on any atom is -0.507 e.